The fourth-order valence-corrected chi connectivity index (χ4v) is 2.72. The van der Waals surface area contributed by atoms with E-state index in [-0.39, 0.29) is 6.04 Å². The van der Waals surface area contributed by atoms with Gasteiger partial charge in [0.2, 0.25) is 0 Å². The van der Waals surface area contributed by atoms with E-state index in [2.05, 4.69) is 46.1 Å². The fourth-order valence-electron chi connectivity index (χ4n) is 2.72. The zero-order valence-corrected chi connectivity index (χ0v) is 10.6. The second kappa shape index (κ2) is 5.10. The van der Waals surface area contributed by atoms with E-state index in [9.17, 15) is 0 Å². The molecule has 1 aliphatic rings. The van der Waals surface area contributed by atoms with E-state index in [0.717, 1.165) is 19.8 Å². The van der Waals surface area contributed by atoms with E-state index >= 15 is 0 Å². The molecule has 1 aromatic heterocycles. The van der Waals surface area contributed by atoms with Crippen LogP contribution in [-0.2, 0) is 4.74 Å². The van der Waals surface area contributed by atoms with Crippen molar-refractivity contribution in [3.63, 3.8) is 0 Å². The second-order valence-corrected chi connectivity index (χ2v) is 4.69. The molecule has 1 aromatic carbocycles. The van der Waals surface area contributed by atoms with Crippen LogP contribution in [-0.4, -0.2) is 37.8 Å². The third kappa shape index (κ3) is 2.03. The molecule has 2 unspecified atom stereocenters. The van der Waals surface area contributed by atoms with Crippen LogP contribution in [0.5, 0.6) is 0 Å². The lowest BCUT2D eigenvalue weighted by atomic mass is 9.98. The normalized spacial score (nSPS) is 22.2. The van der Waals surface area contributed by atoms with Crippen LogP contribution in [0.15, 0.2) is 30.5 Å². The minimum absolute atomic E-state index is 0.265. The Kier molecular flexibility index (Phi) is 3.32. The van der Waals surface area contributed by atoms with Gasteiger partial charge in [-0.05, 0) is 18.7 Å². The van der Waals surface area contributed by atoms with Gasteiger partial charge in [0.15, 0.2) is 0 Å². The van der Waals surface area contributed by atoms with Crippen molar-refractivity contribution in [2.45, 2.75) is 12.1 Å². The molecule has 0 spiro atoms. The number of hydrogen-bond acceptors (Lipinski definition) is 3. The third-order valence-electron chi connectivity index (χ3n) is 3.62. The Hall–Kier alpha value is -1.36. The lowest BCUT2D eigenvalue weighted by molar-refractivity contribution is 0.0647. The summed E-state index contributed by atoms with van der Waals surface area (Å²) < 4.78 is 5.56. The highest BCUT2D eigenvalue weighted by Gasteiger charge is 2.25. The van der Waals surface area contributed by atoms with Crippen LogP contribution in [0, 0.1) is 0 Å². The third-order valence-corrected chi connectivity index (χ3v) is 3.62. The molecule has 0 amide bonds. The van der Waals surface area contributed by atoms with Gasteiger partial charge in [-0.2, -0.15) is 0 Å². The van der Waals surface area contributed by atoms with Crippen LogP contribution >= 0.6 is 0 Å². The van der Waals surface area contributed by atoms with Gasteiger partial charge in [-0.25, -0.2) is 0 Å². The first-order valence-corrected chi connectivity index (χ1v) is 6.44. The van der Waals surface area contributed by atoms with Crippen molar-refractivity contribution in [3.05, 3.63) is 36.0 Å². The van der Waals surface area contributed by atoms with Gasteiger partial charge in [0, 0.05) is 23.6 Å². The molecule has 1 aliphatic heterocycles. The molecule has 2 heterocycles. The van der Waals surface area contributed by atoms with E-state index in [0.29, 0.717) is 6.04 Å². The van der Waals surface area contributed by atoms with Crippen molar-refractivity contribution in [1.82, 2.24) is 15.6 Å². The number of H-pyrrole nitrogens is 1. The minimum Gasteiger partial charge on any atom is -0.378 e. The molecule has 18 heavy (non-hydrogen) atoms. The average Bonchev–Trinajstić information content (AvgIpc) is 2.85. The van der Waals surface area contributed by atoms with Crippen LogP contribution < -0.4 is 10.6 Å². The summed E-state index contributed by atoms with van der Waals surface area (Å²) in [7, 11) is 2.00. The van der Waals surface area contributed by atoms with Crippen molar-refractivity contribution < 1.29 is 4.74 Å². The van der Waals surface area contributed by atoms with Crippen LogP contribution in [0.25, 0.3) is 10.9 Å². The number of nitrogens with one attached hydrogen (secondary N) is 3. The summed E-state index contributed by atoms with van der Waals surface area (Å²) in [6, 6.07) is 8.99. The maximum Gasteiger partial charge on any atom is 0.0638 e. The summed E-state index contributed by atoms with van der Waals surface area (Å²) >= 11 is 0. The molecule has 4 nitrogen and oxygen atoms in total. The largest absolute Gasteiger partial charge is 0.378 e. The number of aromatic nitrogens is 1. The summed E-state index contributed by atoms with van der Waals surface area (Å²) in [4.78, 5) is 3.33. The first kappa shape index (κ1) is 11.7. The number of benzene rings is 1. The number of likely N-dealkylation sites (N-methyl/N-ethyl adjacent to an activating group) is 1. The molecule has 96 valence electrons. The minimum atomic E-state index is 0.265. The first-order chi connectivity index (χ1) is 8.90. The first-order valence-electron chi connectivity index (χ1n) is 6.44. The molecule has 0 radical (unpaired) electrons. The highest BCUT2D eigenvalue weighted by atomic mass is 16.5. The number of rotatable bonds is 3. The van der Waals surface area contributed by atoms with Gasteiger partial charge in [-0.15, -0.1) is 0 Å². The van der Waals surface area contributed by atoms with E-state index < -0.39 is 0 Å². The lowest BCUT2D eigenvalue weighted by Crippen LogP contribution is -2.48. The average molecular weight is 245 g/mol. The van der Waals surface area contributed by atoms with Gasteiger partial charge in [-0.1, -0.05) is 18.2 Å². The quantitative estimate of drug-likeness (QED) is 0.766. The Morgan fingerprint density at radius 3 is 3.06 bits per heavy atom. The zero-order valence-electron chi connectivity index (χ0n) is 10.6. The van der Waals surface area contributed by atoms with Crippen LogP contribution in [0.2, 0.25) is 0 Å². The molecule has 3 rings (SSSR count). The molecular weight excluding hydrogens is 226 g/mol. The predicted molar refractivity (Wildman–Crippen MR) is 72.7 cm³/mol. The van der Waals surface area contributed by atoms with Crippen molar-refractivity contribution in [2.24, 2.45) is 0 Å². The van der Waals surface area contributed by atoms with E-state index in [4.69, 9.17) is 4.74 Å². The summed E-state index contributed by atoms with van der Waals surface area (Å²) in [5, 5.41) is 8.21. The molecule has 0 saturated carbocycles. The van der Waals surface area contributed by atoms with E-state index in [1.165, 1.54) is 16.5 Å². The molecule has 2 atom stereocenters. The lowest BCUT2D eigenvalue weighted by Gasteiger charge is -2.31. The fraction of sp³-hybridized carbons (Fsp3) is 0.429. The second-order valence-electron chi connectivity index (χ2n) is 4.69. The summed E-state index contributed by atoms with van der Waals surface area (Å²) in [5.41, 5.74) is 2.49. The maximum atomic E-state index is 5.56. The maximum absolute atomic E-state index is 5.56. The Morgan fingerprint density at radius 1 is 1.39 bits per heavy atom. The van der Waals surface area contributed by atoms with Crippen molar-refractivity contribution in [1.29, 1.82) is 0 Å². The van der Waals surface area contributed by atoms with Crippen LogP contribution in [0.3, 0.4) is 0 Å². The van der Waals surface area contributed by atoms with Gasteiger partial charge in [-0.3, -0.25) is 0 Å². The van der Waals surface area contributed by atoms with Gasteiger partial charge < -0.3 is 20.4 Å². The number of morpholine rings is 1. The summed E-state index contributed by atoms with van der Waals surface area (Å²) in [6.07, 6.45) is 2.10. The number of ether oxygens (including phenoxy) is 1. The molecule has 4 heteroatoms. The van der Waals surface area contributed by atoms with E-state index in [1.807, 2.05) is 7.05 Å². The molecule has 3 N–H and O–H groups in total. The van der Waals surface area contributed by atoms with Gasteiger partial charge in [0.05, 0.1) is 25.3 Å². The standard InChI is InChI=1S/C14H19N3O/c1-15-14(13-9-18-7-6-16-13)11-8-17-12-5-3-2-4-10(11)12/h2-5,8,13-17H,6-7,9H2,1H3. The summed E-state index contributed by atoms with van der Waals surface area (Å²) in [5.74, 6) is 0. The monoisotopic (exact) mass is 245 g/mol. The number of aromatic amines is 1. The molecule has 1 fully saturated rings. The Morgan fingerprint density at radius 2 is 2.28 bits per heavy atom. The number of para-hydroxylation sites is 1. The Balaban J connectivity index is 1.95. The van der Waals surface area contributed by atoms with Gasteiger partial charge in [0.25, 0.3) is 0 Å². The van der Waals surface area contributed by atoms with E-state index in [1.54, 1.807) is 0 Å². The van der Waals surface area contributed by atoms with Crippen molar-refractivity contribution in [2.75, 3.05) is 26.8 Å². The zero-order chi connectivity index (χ0) is 12.4. The van der Waals surface area contributed by atoms with Gasteiger partial charge in [0.1, 0.15) is 0 Å². The highest BCUT2D eigenvalue weighted by molar-refractivity contribution is 5.83. The van der Waals surface area contributed by atoms with Crippen molar-refractivity contribution in [3.8, 4) is 0 Å². The number of fused-ring (bicyclic) bond motifs is 1. The van der Waals surface area contributed by atoms with Crippen LogP contribution in [0.4, 0.5) is 0 Å². The van der Waals surface area contributed by atoms with Crippen LogP contribution in [0.1, 0.15) is 11.6 Å². The summed E-state index contributed by atoms with van der Waals surface area (Å²) in [6.45, 7) is 2.48. The SMILES string of the molecule is CNC(c1c[nH]c2ccccc12)C1COCCN1. The predicted octanol–water partition coefficient (Wildman–Crippen LogP) is 1.42. The van der Waals surface area contributed by atoms with Crippen molar-refractivity contribution >= 4 is 10.9 Å². The smallest absolute Gasteiger partial charge is 0.0638 e. The topological polar surface area (TPSA) is 49.1 Å². The molecular formula is C14H19N3O. The Bertz CT molecular complexity index is 516. The molecule has 1 saturated heterocycles. The number of hydrogen-bond donors (Lipinski definition) is 3. The highest BCUT2D eigenvalue weighted by Crippen LogP contribution is 2.26. The molecule has 0 bridgehead atoms. The Labute approximate surface area is 107 Å². The molecule has 2 aromatic rings. The van der Waals surface area contributed by atoms with Gasteiger partial charge >= 0.3 is 0 Å². The molecule has 0 aliphatic carbocycles.